The van der Waals surface area contributed by atoms with Crippen molar-refractivity contribution in [3.8, 4) is 0 Å². The molecular formula is C13H9ClO6. The third kappa shape index (κ3) is 2.55. The first-order valence-electron chi connectivity index (χ1n) is 5.18. The fraction of sp³-hybridized carbons (Fsp3) is 0. The molecular weight excluding hydrogens is 288 g/mol. The van der Waals surface area contributed by atoms with Gasteiger partial charge in [0, 0.05) is 0 Å². The van der Waals surface area contributed by atoms with E-state index in [0.29, 0.717) is 5.39 Å². The molecule has 0 aliphatic heterocycles. The third-order valence-electron chi connectivity index (χ3n) is 2.71. The van der Waals surface area contributed by atoms with Crippen molar-refractivity contribution in [2.45, 2.75) is 0 Å². The van der Waals surface area contributed by atoms with E-state index in [0.717, 1.165) is 6.07 Å². The van der Waals surface area contributed by atoms with E-state index < -0.39 is 17.9 Å². The van der Waals surface area contributed by atoms with Crippen LogP contribution in [0.3, 0.4) is 0 Å². The molecule has 0 aliphatic carbocycles. The largest absolute Gasteiger partial charge is 0.478 e. The van der Waals surface area contributed by atoms with Crippen LogP contribution >= 0.6 is 12.4 Å². The fourth-order valence-corrected chi connectivity index (χ4v) is 1.87. The smallest absolute Gasteiger partial charge is 0.337 e. The Morgan fingerprint density at radius 2 is 1.45 bits per heavy atom. The number of rotatable bonds is 3. The first kappa shape index (κ1) is 15.5. The zero-order chi connectivity index (χ0) is 14.2. The van der Waals surface area contributed by atoms with E-state index in [1.807, 2.05) is 0 Å². The topological polar surface area (TPSA) is 112 Å². The summed E-state index contributed by atoms with van der Waals surface area (Å²) in [5.74, 6) is -3.85. The van der Waals surface area contributed by atoms with E-state index in [2.05, 4.69) is 0 Å². The summed E-state index contributed by atoms with van der Waals surface area (Å²) in [5.41, 5.74) is -0.670. The summed E-state index contributed by atoms with van der Waals surface area (Å²) in [5, 5.41) is 27.5. The van der Waals surface area contributed by atoms with Crippen molar-refractivity contribution >= 4 is 41.1 Å². The highest BCUT2D eigenvalue weighted by molar-refractivity contribution is 6.12. The van der Waals surface area contributed by atoms with E-state index in [-0.39, 0.29) is 34.5 Å². The van der Waals surface area contributed by atoms with Crippen LogP contribution in [-0.2, 0) is 0 Å². The molecule has 2 aromatic rings. The Bertz CT molecular complexity index is 722. The maximum Gasteiger partial charge on any atom is 0.337 e. The molecule has 0 atom stereocenters. The quantitative estimate of drug-likeness (QED) is 0.801. The molecule has 2 rings (SSSR count). The van der Waals surface area contributed by atoms with Crippen LogP contribution in [0.25, 0.3) is 10.8 Å². The van der Waals surface area contributed by atoms with Gasteiger partial charge < -0.3 is 15.3 Å². The Hall–Kier alpha value is -2.60. The molecule has 104 valence electrons. The first-order valence-corrected chi connectivity index (χ1v) is 5.18. The highest BCUT2D eigenvalue weighted by Crippen LogP contribution is 2.24. The monoisotopic (exact) mass is 296 g/mol. The van der Waals surface area contributed by atoms with Crippen molar-refractivity contribution < 1.29 is 29.7 Å². The summed E-state index contributed by atoms with van der Waals surface area (Å²) in [6, 6.07) is 6.38. The van der Waals surface area contributed by atoms with Gasteiger partial charge >= 0.3 is 17.9 Å². The Morgan fingerprint density at radius 3 is 1.95 bits per heavy atom. The van der Waals surface area contributed by atoms with Crippen molar-refractivity contribution in [1.29, 1.82) is 0 Å². The molecule has 0 amide bonds. The molecule has 0 aliphatic rings. The van der Waals surface area contributed by atoms with Gasteiger partial charge in [-0.05, 0) is 29.0 Å². The van der Waals surface area contributed by atoms with Crippen LogP contribution in [0.2, 0.25) is 0 Å². The minimum Gasteiger partial charge on any atom is -0.478 e. The number of carbonyl (C=O) groups is 3. The van der Waals surface area contributed by atoms with Crippen LogP contribution < -0.4 is 0 Å². The lowest BCUT2D eigenvalue weighted by Crippen LogP contribution is -2.09. The van der Waals surface area contributed by atoms with Crippen LogP contribution in [-0.4, -0.2) is 33.2 Å². The van der Waals surface area contributed by atoms with Gasteiger partial charge in [0.2, 0.25) is 0 Å². The van der Waals surface area contributed by atoms with Gasteiger partial charge in [0.15, 0.2) is 0 Å². The number of carboxylic acids is 3. The van der Waals surface area contributed by atoms with Gasteiger partial charge in [-0.3, -0.25) is 0 Å². The van der Waals surface area contributed by atoms with Gasteiger partial charge in [-0.2, -0.15) is 0 Å². The predicted octanol–water partition coefficient (Wildman–Crippen LogP) is 2.36. The molecule has 0 fully saturated rings. The van der Waals surface area contributed by atoms with Crippen LogP contribution in [0.4, 0.5) is 0 Å². The van der Waals surface area contributed by atoms with Gasteiger partial charge in [-0.15, -0.1) is 12.4 Å². The van der Waals surface area contributed by atoms with Crippen molar-refractivity contribution in [2.75, 3.05) is 0 Å². The average molecular weight is 297 g/mol. The molecule has 0 saturated heterocycles. The number of aromatic carboxylic acids is 3. The number of hydrogen-bond acceptors (Lipinski definition) is 3. The molecule has 0 heterocycles. The van der Waals surface area contributed by atoms with Gasteiger partial charge in [0.25, 0.3) is 0 Å². The number of fused-ring (bicyclic) bond motifs is 1. The lowest BCUT2D eigenvalue weighted by atomic mass is 9.97. The lowest BCUT2D eigenvalue weighted by molar-refractivity contribution is 0.0653. The van der Waals surface area contributed by atoms with Gasteiger partial charge in [0.05, 0.1) is 16.7 Å². The van der Waals surface area contributed by atoms with Gasteiger partial charge in [-0.1, -0.05) is 12.1 Å². The zero-order valence-electron chi connectivity index (χ0n) is 9.86. The normalized spacial score (nSPS) is 9.80. The highest BCUT2D eigenvalue weighted by atomic mass is 35.5. The van der Waals surface area contributed by atoms with Gasteiger partial charge in [-0.25, -0.2) is 14.4 Å². The van der Waals surface area contributed by atoms with Crippen molar-refractivity contribution in [2.24, 2.45) is 0 Å². The molecule has 0 aromatic heterocycles. The van der Waals surface area contributed by atoms with Gasteiger partial charge in [0.1, 0.15) is 0 Å². The second-order valence-corrected chi connectivity index (χ2v) is 3.84. The van der Waals surface area contributed by atoms with Crippen LogP contribution in [0.1, 0.15) is 31.1 Å². The number of hydrogen-bond donors (Lipinski definition) is 3. The molecule has 20 heavy (non-hydrogen) atoms. The van der Waals surface area contributed by atoms with Crippen LogP contribution in [0.5, 0.6) is 0 Å². The summed E-state index contributed by atoms with van der Waals surface area (Å²) in [6.07, 6.45) is 0. The van der Waals surface area contributed by atoms with E-state index in [1.165, 1.54) is 24.3 Å². The maximum absolute atomic E-state index is 11.2. The average Bonchev–Trinajstić information content (AvgIpc) is 2.35. The maximum atomic E-state index is 11.2. The first-order chi connectivity index (χ1) is 8.91. The minimum absolute atomic E-state index is 0. The lowest BCUT2D eigenvalue weighted by Gasteiger charge is -2.07. The van der Waals surface area contributed by atoms with Crippen molar-refractivity contribution in [1.82, 2.24) is 0 Å². The predicted molar refractivity (Wildman–Crippen MR) is 72.1 cm³/mol. The fourth-order valence-electron chi connectivity index (χ4n) is 1.87. The van der Waals surface area contributed by atoms with E-state index in [9.17, 15) is 14.4 Å². The standard InChI is InChI=1S/C13H8O6.ClH/c14-11(15)7-2-3-8-6(5-7)1-4-9(12(16)17)10(8)13(18)19;/h1-5H,(H,14,15)(H,16,17)(H,18,19);1H. The molecule has 0 unspecified atom stereocenters. The molecule has 0 bridgehead atoms. The molecule has 7 heteroatoms. The highest BCUT2D eigenvalue weighted by Gasteiger charge is 2.19. The number of carboxylic acid groups (broad SMARTS) is 3. The second kappa shape index (κ2) is 5.58. The summed E-state index contributed by atoms with van der Waals surface area (Å²) < 4.78 is 0. The summed E-state index contributed by atoms with van der Waals surface area (Å²) in [7, 11) is 0. The second-order valence-electron chi connectivity index (χ2n) is 3.84. The van der Waals surface area contributed by atoms with Crippen LogP contribution in [0.15, 0.2) is 30.3 Å². The molecule has 0 radical (unpaired) electrons. The third-order valence-corrected chi connectivity index (χ3v) is 2.71. The summed E-state index contributed by atoms with van der Waals surface area (Å²) >= 11 is 0. The summed E-state index contributed by atoms with van der Waals surface area (Å²) in [4.78, 5) is 33.0. The Morgan fingerprint density at radius 1 is 0.800 bits per heavy atom. The molecule has 6 nitrogen and oxygen atoms in total. The van der Waals surface area contributed by atoms with Crippen molar-refractivity contribution in [3.05, 3.63) is 47.0 Å². The Kier molecular flexibility index (Phi) is 4.31. The van der Waals surface area contributed by atoms with E-state index in [4.69, 9.17) is 15.3 Å². The van der Waals surface area contributed by atoms with Crippen molar-refractivity contribution in [3.63, 3.8) is 0 Å². The number of benzene rings is 2. The minimum atomic E-state index is -1.37. The zero-order valence-corrected chi connectivity index (χ0v) is 10.7. The molecule has 3 N–H and O–H groups in total. The summed E-state index contributed by atoms with van der Waals surface area (Å²) in [6.45, 7) is 0. The molecule has 0 saturated carbocycles. The Labute approximate surface area is 118 Å². The van der Waals surface area contributed by atoms with Crippen LogP contribution in [0, 0.1) is 0 Å². The molecule has 0 spiro atoms. The van der Waals surface area contributed by atoms with E-state index in [1.54, 1.807) is 0 Å². The van der Waals surface area contributed by atoms with E-state index >= 15 is 0 Å². The number of halogens is 1. The molecule has 2 aromatic carbocycles. The SMILES string of the molecule is Cl.O=C(O)c1ccc2c(C(=O)O)c(C(=O)O)ccc2c1. The Balaban J connectivity index is 0.00000200.